The van der Waals surface area contributed by atoms with Crippen LogP contribution in [-0.2, 0) is 52.4 Å². The fraction of sp³-hybridized carbons (Fsp3) is 0.853. The number of ether oxygens (including phenoxy) is 6. The fourth-order valence-corrected chi connectivity index (χ4v) is 7.17. The van der Waals surface area contributed by atoms with Crippen molar-refractivity contribution in [2.45, 2.75) is 154 Å². The van der Waals surface area contributed by atoms with Crippen LogP contribution in [0.3, 0.4) is 0 Å². The number of hydrogen-bond acceptors (Lipinski definition) is 25. The largest absolute Gasteiger partial charge is 0.477 e. The number of aliphatic hydroxyl groups is 14. The van der Waals surface area contributed by atoms with Gasteiger partial charge in [0.05, 0.1) is 50.7 Å². The van der Waals surface area contributed by atoms with E-state index in [0.29, 0.717) is 0 Å². The average Bonchev–Trinajstić information content (AvgIpc) is 3.23. The maximum absolute atomic E-state index is 13.0. The number of hydrogen-bond donors (Lipinski definition) is 18. The molecule has 63 heavy (non-hydrogen) atoms. The van der Waals surface area contributed by atoms with Gasteiger partial charge in [0.25, 0.3) is 11.6 Å². The molecule has 0 aromatic carbocycles. The van der Waals surface area contributed by atoms with Crippen LogP contribution in [0.5, 0.6) is 0 Å². The van der Waals surface area contributed by atoms with Crippen LogP contribution in [0.15, 0.2) is 0 Å². The number of rotatable bonds is 22. The molecule has 29 heteroatoms. The van der Waals surface area contributed by atoms with E-state index in [2.05, 4.69) is 10.6 Å². The Hall–Kier alpha value is -3.25. The van der Waals surface area contributed by atoms with Crippen molar-refractivity contribution in [2.75, 3.05) is 26.4 Å². The summed E-state index contributed by atoms with van der Waals surface area (Å²) in [5.41, 5.74) is 0. The monoisotopic (exact) mass is 924 g/mol. The standard InChI is InChI=1S/C34H56N2O27/c1-10(41)35-19-12(43)3-33(31(54)55,61-27(19)22(50)15(46)6-38)58-9-18-24(52)25(53)29(30(59-18)60-26(17(48)8-40)21(49)14(45)5-37)63-34(32(56)57)4-13(44)20(36-11(2)42)28(62-34)23(51)16(47)7-39/h5,12-30,38-40,43-53H,3-4,6-9H2,1-2H3,(H,35,41)(H,36,42)(H,54,55)(H,56,57)/t12-,13-,14-,15+,16+,17+,18+,19+,20+,21+,22+,23+,24-,25-,26+,27+,28+,29+,30-,33+,34-/m0/s1. The lowest BCUT2D eigenvalue weighted by Crippen LogP contribution is -2.71. The lowest BCUT2D eigenvalue weighted by molar-refractivity contribution is -0.390. The van der Waals surface area contributed by atoms with Gasteiger partial charge < -0.3 is 126 Å². The number of carbonyl (C=O) groups is 5. The van der Waals surface area contributed by atoms with E-state index in [1.165, 1.54) is 0 Å². The maximum Gasteiger partial charge on any atom is 0.364 e. The third kappa shape index (κ3) is 12.4. The number of aldehydes is 1. The molecule has 29 nitrogen and oxygen atoms in total. The first-order chi connectivity index (χ1) is 29.3. The minimum absolute atomic E-state index is 0.241. The highest BCUT2D eigenvalue weighted by molar-refractivity contribution is 5.77. The van der Waals surface area contributed by atoms with Crippen molar-refractivity contribution in [1.29, 1.82) is 0 Å². The smallest absolute Gasteiger partial charge is 0.364 e. The molecule has 0 bridgehead atoms. The number of amides is 2. The van der Waals surface area contributed by atoms with Gasteiger partial charge in [0.2, 0.25) is 11.8 Å². The molecule has 3 aliphatic rings. The molecule has 21 atom stereocenters. The van der Waals surface area contributed by atoms with Crippen molar-refractivity contribution in [3.8, 4) is 0 Å². The van der Waals surface area contributed by atoms with Gasteiger partial charge in [0.1, 0.15) is 85.5 Å². The van der Waals surface area contributed by atoms with Crippen LogP contribution in [0, 0.1) is 0 Å². The van der Waals surface area contributed by atoms with E-state index in [4.69, 9.17) is 28.4 Å². The summed E-state index contributed by atoms with van der Waals surface area (Å²) in [6.45, 7) is -2.95. The summed E-state index contributed by atoms with van der Waals surface area (Å²) in [7, 11) is 0. The first kappa shape index (κ1) is 54.1. The van der Waals surface area contributed by atoms with Crippen LogP contribution in [0.25, 0.3) is 0 Å². The molecule has 3 rings (SSSR count). The Labute approximate surface area is 355 Å². The van der Waals surface area contributed by atoms with Gasteiger partial charge in [-0.15, -0.1) is 0 Å². The number of aliphatic hydroxyl groups excluding tert-OH is 14. The zero-order valence-corrected chi connectivity index (χ0v) is 33.4. The Morgan fingerprint density at radius 2 is 1.16 bits per heavy atom. The molecule has 0 spiro atoms. The number of nitrogens with one attached hydrogen (secondary N) is 2. The summed E-state index contributed by atoms with van der Waals surface area (Å²) in [4.78, 5) is 61.0. The van der Waals surface area contributed by atoms with E-state index < -0.39 is 191 Å². The first-order valence-electron chi connectivity index (χ1n) is 19.1. The van der Waals surface area contributed by atoms with Gasteiger partial charge >= 0.3 is 11.9 Å². The van der Waals surface area contributed by atoms with E-state index in [9.17, 15) is 106 Å². The zero-order valence-electron chi connectivity index (χ0n) is 33.4. The van der Waals surface area contributed by atoms with Crippen LogP contribution < -0.4 is 10.6 Å². The van der Waals surface area contributed by atoms with Crippen LogP contribution in [0.4, 0.5) is 0 Å². The SMILES string of the molecule is CC(=O)N[C@H]1[C@H]([C@H](O)[C@H](O)CO)O[C@@](OC[C@H]2O[C@@H](O[C@@H]([C@H](O)[C@@H](O)C=O)[C@H](O)CO)[C@H](O[C@]3(C(=O)O)C[C@H](O)[C@@H](NC(C)=O)[C@H]([C@H](O)[C@H](O)CO)O3)[C@@H](O)[C@H]2O)(C(=O)O)C[C@@H]1O. The maximum atomic E-state index is 13.0. The van der Waals surface area contributed by atoms with Gasteiger partial charge in [0, 0.05) is 26.7 Å². The Morgan fingerprint density at radius 3 is 1.57 bits per heavy atom. The highest BCUT2D eigenvalue weighted by atomic mass is 16.8. The number of carboxylic acids is 2. The van der Waals surface area contributed by atoms with Crippen molar-refractivity contribution in [1.82, 2.24) is 10.6 Å². The topological polar surface area (TPSA) is 488 Å². The third-order valence-electron chi connectivity index (χ3n) is 10.5. The van der Waals surface area contributed by atoms with Crippen LogP contribution in [0.1, 0.15) is 26.7 Å². The number of aliphatic carboxylic acids is 2. The highest BCUT2D eigenvalue weighted by Gasteiger charge is 2.61. The molecule has 3 heterocycles. The Kier molecular flexibility index (Phi) is 19.6. The van der Waals surface area contributed by atoms with E-state index >= 15 is 0 Å². The molecule has 0 aromatic heterocycles. The molecule has 18 N–H and O–H groups in total. The molecule has 364 valence electrons. The predicted molar refractivity (Wildman–Crippen MR) is 193 cm³/mol. The minimum atomic E-state index is -3.33. The zero-order chi connectivity index (χ0) is 47.9. The molecule has 2 amide bonds. The second kappa shape index (κ2) is 22.8. The van der Waals surface area contributed by atoms with Gasteiger partial charge in [0.15, 0.2) is 12.6 Å². The van der Waals surface area contributed by atoms with Crippen molar-refractivity contribution in [3.05, 3.63) is 0 Å². The molecule has 0 aliphatic carbocycles. The van der Waals surface area contributed by atoms with Crippen LogP contribution >= 0.6 is 0 Å². The Balaban J connectivity index is 2.12. The van der Waals surface area contributed by atoms with Crippen molar-refractivity contribution >= 4 is 30.0 Å². The van der Waals surface area contributed by atoms with Gasteiger partial charge in [-0.2, -0.15) is 0 Å². The third-order valence-corrected chi connectivity index (χ3v) is 10.5. The fourth-order valence-electron chi connectivity index (χ4n) is 7.17. The normalized spacial score (nSPS) is 37.6. The molecular weight excluding hydrogens is 868 g/mol. The lowest BCUT2D eigenvalue weighted by Gasteiger charge is -2.51. The molecule has 3 fully saturated rings. The molecule has 0 aromatic rings. The van der Waals surface area contributed by atoms with Crippen molar-refractivity contribution < 1.29 is 134 Å². The Bertz CT molecular complexity index is 1550. The Morgan fingerprint density at radius 1 is 0.714 bits per heavy atom. The quantitative estimate of drug-likeness (QED) is 0.0448. The number of carboxylic acid groups (broad SMARTS) is 2. The highest BCUT2D eigenvalue weighted by Crippen LogP contribution is 2.39. The number of carbonyl (C=O) groups excluding carboxylic acids is 3. The van der Waals surface area contributed by atoms with Crippen LogP contribution in [-0.4, -0.2) is 266 Å². The van der Waals surface area contributed by atoms with E-state index in [0.717, 1.165) is 13.8 Å². The van der Waals surface area contributed by atoms with Crippen molar-refractivity contribution in [2.24, 2.45) is 0 Å². The van der Waals surface area contributed by atoms with Crippen LogP contribution in [0.2, 0.25) is 0 Å². The summed E-state index contributed by atoms with van der Waals surface area (Å²) in [6, 6.07) is -3.37. The predicted octanol–water partition coefficient (Wildman–Crippen LogP) is -11.2. The molecule has 0 radical (unpaired) electrons. The summed E-state index contributed by atoms with van der Waals surface area (Å²) >= 11 is 0. The molecule has 0 unspecified atom stereocenters. The van der Waals surface area contributed by atoms with Crippen molar-refractivity contribution in [3.63, 3.8) is 0 Å². The molecular formula is C34H56N2O27. The average molecular weight is 925 g/mol. The van der Waals surface area contributed by atoms with Gasteiger partial charge in [-0.1, -0.05) is 0 Å². The summed E-state index contributed by atoms with van der Waals surface area (Å²) < 4.78 is 33.4. The van der Waals surface area contributed by atoms with Gasteiger partial charge in [-0.3, -0.25) is 9.59 Å². The summed E-state index contributed by atoms with van der Waals surface area (Å²) in [6.07, 6.45) is -41.2. The molecule has 0 saturated carbocycles. The molecule has 3 saturated heterocycles. The second-order valence-electron chi connectivity index (χ2n) is 15.1. The lowest BCUT2D eigenvalue weighted by atomic mass is 9.88. The summed E-state index contributed by atoms with van der Waals surface area (Å²) in [5, 5.41) is 172. The minimum Gasteiger partial charge on any atom is -0.477 e. The molecule has 3 aliphatic heterocycles. The summed E-state index contributed by atoms with van der Waals surface area (Å²) in [5.74, 6) is -12.3. The van der Waals surface area contributed by atoms with Gasteiger partial charge in [-0.25, -0.2) is 9.59 Å². The van der Waals surface area contributed by atoms with E-state index in [1.807, 2.05) is 0 Å². The van der Waals surface area contributed by atoms with E-state index in [-0.39, 0.29) is 6.29 Å². The van der Waals surface area contributed by atoms with Gasteiger partial charge in [-0.05, 0) is 0 Å². The second-order valence-corrected chi connectivity index (χ2v) is 15.1. The first-order valence-corrected chi connectivity index (χ1v) is 19.1. The van der Waals surface area contributed by atoms with E-state index in [1.54, 1.807) is 0 Å².